The van der Waals surface area contributed by atoms with Crippen molar-refractivity contribution in [2.24, 2.45) is 0 Å². The van der Waals surface area contributed by atoms with Crippen LogP contribution in [-0.2, 0) is 4.84 Å². The summed E-state index contributed by atoms with van der Waals surface area (Å²) >= 11 is 0. The number of imidazole rings is 1. The van der Waals surface area contributed by atoms with Gasteiger partial charge in [-0.15, -0.1) is 0 Å². The molecule has 0 amide bonds. The molecule has 2 N–H and O–H groups in total. The monoisotopic (exact) mass is 515 g/mol. The van der Waals surface area contributed by atoms with Gasteiger partial charge in [0.25, 0.3) is 0 Å². The fourth-order valence-electron chi connectivity index (χ4n) is 4.60. The first-order chi connectivity index (χ1) is 19.2. The largest absolute Gasteiger partial charge is 0.490 e. The quantitative estimate of drug-likeness (QED) is 0.224. The van der Waals surface area contributed by atoms with Gasteiger partial charge in [0, 0.05) is 30.0 Å². The van der Waals surface area contributed by atoms with Gasteiger partial charge in [-0.2, -0.15) is 0 Å². The number of para-hydroxylation sites is 1. The van der Waals surface area contributed by atoms with Crippen molar-refractivity contribution in [1.82, 2.24) is 15.4 Å². The Hall–Kier alpha value is -4.81. The average Bonchev–Trinajstić information content (AvgIpc) is 3.53. The summed E-state index contributed by atoms with van der Waals surface area (Å²) in [5.41, 5.74) is 7.77. The van der Waals surface area contributed by atoms with E-state index in [1.54, 1.807) is 6.20 Å². The van der Waals surface area contributed by atoms with Gasteiger partial charge < -0.3 is 14.5 Å². The lowest BCUT2D eigenvalue weighted by Gasteiger charge is -2.36. The highest BCUT2D eigenvalue weighted by atomic mass is 16.7. The van der Waals surface area contributed by atoms with Gasteiger partial charge in [0.2, 0.25) is 0 Å². The maximum absolute atomic E-state index is 6.20. The van der Waals surface area contributed by atoms with Crippen molar-refractivity contribution in [2.45, 2.75) is 18.9 Å². The number of nitrogens with zero attached hydrogens (tertiary/aromatic N) is 1. The number of nitrogens with one attached hydrogen (secondary N) is 2. The molecule has 1 aromatic heterocycles. The van der Waals surface area contributed by atoms with E-state index in [0.29, 0.717) is 13.0 Å². The highest BCUT2D eigenvalue weighted by Crippen LogP contribution is 2.37. The third-order valence-corrected chi connectivity index (χ3v) is 6.66. The van der Waals surface area contributed by atoms with Crippen LogP contribution in [-0.4, -0.2) is 22.2 Å². The Balaban J connectivity index is 1.18. The second-order valence-electron chi connectivity index (χ2n) is 9.74. The molecule has 39 heavy (non-hydrogen) atoms. The molecule has 1 aliphatic rings. The van der Waals surface area contributed by atoms with E-state index in [-0.39, 0.29) is 0 Å². The van der Waals surface area contributed by atoms with Crippen molar-refractivity contribution in [2.75, 3.05) is 6.61 Å². The first kappa shape index (κ1) is 24.5. The van der Waals surface area contributed by atoms with E-state index >= 15 is 0 Å². The first-order valence-electron chi connectivity index (χ1n) is 12.9. The molecule has 0 radical (unpaired) electrons. The van der Waals surface area contributed by atoms with E-state index in [1.807, 2.05) is 98.0 Å². The summed E-state index contributed by atoms with van der Waals surface area (Å²) in [7, 11) is 0. The van der Waals surface area contributed by atoms with E-state index in [1.165, 1.54) is 5.56 Å². The zero-order valence-corrected chi connectivity index (χ0v) is 21.6. The molecule has 0 saturated carbocycles. The first-order valence-corrected chi connectivity index (χ1v) is 12.9. The molecule has 0 fully saturated rings. The van der Waals surface area contributed by atoms with Crippen LogP contribution >= 0.6 is 0 Å². The molecule has 2 heterocycles. The minimum Gasteiger partial charge on any atom is -0.490 e. The molecule has 194 valence electrons. The molecular weight excluding hydrogens is 486 g/mol. The highest BCUT2D eigenvalue weighted by Gasteiger charge is 2.36. The molecule has 1 aliphatic heterocycles. The Bertz CT molecular complexity index is 1530. The van der Waals surface area contributed by atoms with Gasteiger partial charge in [0.05, 0.1) is 5.70 Å². The normalized spacial score (nSPS) is 16.9. The van der Waals surface area contributed by atoms with E-state index in [2.05, 4.69) is 39.7 Å². The van der Waals surface area contributed by atoms with Gasteiger partial charge in [0.15, 0.2) is 0 Å². The summed E-state index contributed by atoms with van der Waals surface area (Å²) in [6, 6.07) is 36.1. The number of hydroxylamine groups is 1. The molecule has 6 nitrogen and oxygen atoms in total. The average molecular weight is 516 g/mol. The molecule has 4 aromatic carbocycles. The van der Waals surface area contributed by atoms with E-state index in [4.69, 9.17) is 14.3 Å². The summed E-state index contributed by atoms with van der Waals surface area (Å²) < 4.78 is 12.1. The number of ether oxygens (including phenoxy) is 2. The van der Waals surface area contributed by atoms with Crippen LogP contribution in [0.2, 0.25) is 0 Å². The minimum absolute atomic E-state index is 0.367. The second kappa shape index (κ2) is 10.9. The van der Waals surface area contributed by atoms with Crippen LogP contribution in [0.4, 0.5) is 0 Å². The lowest BCUT2D eigenvalue weighted by Crippen LogP contribution is -2.44. The van der Waals surface area contributed by atoms with Gasteiger partial charge in [-0.1, -0.05) is 60.7 Å². The summed E-state index contributed by atoms with van der Waals surface area (Å²) in [4.78, 5) is 14.0. The van der Waals surface area contributed by atoms with Crippen LogP contribution in [0, 0.1) is 0 Å². The van der Waals surface area contributed by atoms with Crippen molar-refractivity contribution in [3.05, 3.63) is 133 Å². The number of hydrogen-bond donors (Lipinski definition) is 2. The van der Waals surface area contributed by atoms with Crippen LogP contribution in [0.25, 0.3) is 22.4 Å². The van der Waals surface area contributed by atoms with Crippen molar-refractivity contribution < 1.29 is 14.3 Å². The summed E-state index contributed by atoms with van der Waals surface area (Å²) in [5, 5.41) is 0. The standard InChI is InChI=1S/C33H29N3O3/c1-33(23-37-27-16-12-25(13-17-27)24-8-4-2-5-9-24)22-30(32-34-20-21-35-32)31(36-39-33)26-14-18-29(19-15-26)38-28-10-6-3-7-11-28/h2-21,36H,22-23H2,1H3,(H,34,35). The number of aromatic nitrogens is 2. The van der Waals surface area contributed by atoms with Crippen molar-refractivity contribution in [1.29, 1.82) is 0 Å². The van der Waals surface area contributed by atoms with E-state index in [9.17, 15) is 0 Å². The number of H-pyrrole nitrogens is 1. The Labute approximate surface area is 227 Å². The Morgan fingerprint density at radius 3 is 2.05 bits per heavy atom. The van der Waals surface area contributed by atoms with Gasteiger partial charge in [0.1, 0.15) is 35.3 Å². The molecule has 5 aromatic rings. The number of rotatable bonds is 8. The van der Waals surface area contributed by atoms with Crippen LogP contribution < -0.4 is 15.0 Å². The topological polar surface area (TPSA) is 68.4 Å². The fraction of sp³-hybridized carbons (Fsp3) is 0.121. The van der Waals surface area contributed by atoms with Crippen molar-refractivity contribution in [3.8, 4) is 28.4 Å². The maximum Gasteiger partial charge on any atom is 0.135 e. The van der Waals surface area contributed by atoms with Crippen LogP contribution in [0.3, 0.4) is 0 Å². The van der Waals surface area contributed by atoms with Crippen LogP contribution in [0.15, 0.2) is 122 Å². The molecule has 6 heteroatoms. The third kappa shape index (κ3) is 5.71. The molecule has 0 aliphatic carbocycles. The summed E-state index contributed by atoms with van der Waals surface area (Å²) in [6.07, 6.45) is 4.19. The SMILES string of the molecule is CC1(COc2ccc(-c3ccccc3)cc2)CC(c2ncc[nH]2)=C(c2ccc(Oc3ccccc3)cc2)NO1. The number of benzene rings is 4. The Morgan fingerprint density at radius 1 is 0.744 bits per heavy atom. The number of aromatic amines is 1. The lowest BCUT2D eigenvalue weighted by molar-refractivity contribution is -0.0979. The number of hydrogen-bond acceptors (Lipinski definition) is 5. The van der Waals surface area contributed by atoms with Crippen LogP contribution in [0.5, 0.6) is 17.2 Å². The Kier molecular flexibility index (Phi) is 6.85. The van der Waals surface area contributed by atoms with Crippen molar-refractivity contribution in [3.63, 3.8) is 0 Å². The van der Waals surface area contributed by atoms with Gasteiger partial charge in [-0.25, -0.2) is 4.98 Å². The third-order valence-electron chi connectivity index (χ3n) is 6.66. The zero-order chi connectivity index (χ0) is 26.5. The molecule has 0 saturated heterocycles. The smallest absolute Gasteiger partial charge is 0.135 e. The minimum atomic E-state index is -0.611. The van der Waals surface area contributed by atoms with Crippen LogP contribution in [0.1, 0.15) is 24.7 Å². The van der Waals surface area contributed by atoms with E-state index < -0.39 is 5.60 Å². The predicted molar refractivity (Wildman–Crippen MR) is 153 cm³/mol. The molecule has 0 spiro atoms. The summed E-state index contributed by atoms with van der Waals surface area (Å²) in [5.74, 6) is 3.15. The zero-order valence-electron chi connectivity index (χ0n) is 21.6. The molecule has 0 bridgehead atoms. The maximum atomic E-state index is 6.20. The van der Waals surface area contributed by atoms with E-state index in [0.717, 1.165) is 45.5 Å². The highest BCUT2D eigenvalue weighted by molar-refractivity contribution is 5.88. The van der Waals surface area contributed by atoms with Gasteiger partial charge >= 0.3 is 0 Å². The molecular formula is C33H29N3O3. The molecule has 6 rings (SSSR count). The van der Waals surface area contributed by atoms with Gasteiger partial charge in [-0.3, -0.25) is 10.3 Å². The lowest BCUT2D eigenvalue weighted by atomic mass is 9.92. The summed E-state index contributed by atoms with van der Waals surface area (Å²) in [6.45, 7) is 2.40. The predicted octanol–water partition coefficient (Wildman–Crippen LogP) is 7.50. The van der Waals surface area contributed by atoms with Crippen molar-refractivity contribution >= 4 is 11.3 Å². The Morgan fingerprint density at radius 2 is 1.36 bits per heavy atom. The fourth-order valence-corrected chi connectivity index (χ4v) is 4.60. The second-order valence-corrected chi connectivity index (χ2v) is 9.74. The molecule has 1 atom stereocenters. The van der Waals surface area contributed by atoms with Gasteiger partial charge in [-0.05, 0) is 66.6 Å². The molecule has 1 unspecified atom stereocenters.